The van der Waals surface area contributed by atoms with Gasteiger partial charge in [0.2, 0.25) is 11.8 Å². The quantitative estimate of drug-likeness (QED) is 0.777. The van der Waals surface area contributed by atoms with E-state index in [0.717, 1.165) is 31.7 Å². The number of hydrogen-bond donors (Lipinski definition) is 2. The Morgan fingerprint density at radius 3 is 3.12 bits per heavy atom. The Kier molecular flexibility index (Phi) is 5.83. The number of hydrogen-bond acceptors (Lipinski definition) is 7. The number of piperidine rings is 1. The first-order valence-electron chi connectivity index (χ1n) is 8.68. The molecule has 1 saturated heterocycles. The van der Waals surface area contributed by atoms with E-state index >= 15 is 0 Å². The van der Waals surface area contributed by atoms with Crippen molar-refractivity contribution in [2.75, 3.05) is 13.1 Å². The van der Waals surface area contributed by atoms with Gasteiger partial charge in [-0.1, -0.05) is 5.16 Å². The lowest BCUT2D eigenvalue weighted by atomic mass is 10.0. The lowest BCUT2D eigenvalue weighted by Gasteiger charge is -2.33. The molecule has 25 heavy (non-hydrogen) atoms. The Labute approximate surface area is 146 Å². The van der Waals surface area contributed by atoms with Crippen molar-refractivity contribution in [2.45, 2.75) is 51.9 Å². The molecule has 8 heteroatoms. The highest BCUT2D eigenvalue weighted by atomic mass is 16.5. The molecule has 1 aliphatic rings. The number of aryl methyl sites for hydroxylation is 1. The third-order valence-electron chi connectivity index (χ3n) is 4.34. The summed E-state index contributed by atoms with van der Waals surface area (Å²) in [5.41, 5.74) is 0. The highest BCUT2D eigenvalue weighted by Gasteiger charge is 2.24. The lowest BCUT2D eigenvalue weighted by molar-refractivity contribution is -0.123. The zero-order valence-corrected chi connectivity index (χ0v) is 14.7. The van der Waals surface area contributed by atoms with Gasteiger partial charge in [0.05, 0.1) is 25.4 Å². The maximum Gasteiger partial charge on any atom is 0.237 e. The highest BCUT2D eigenvalue weighted by molar-refractivity contribution is 5.81. The summed E-state index contributed by atoms with van der Waals surface area (Å²) in [6.45, 7) is 6.63. The molecule has 0 spiro atoms. The molecule has 2 atom stereocenters. The molecule has 1 amide bonds. The van der Waals surface area contributed by atoms with Gasteiger partial charge in [0.15, 0.2) is 5.82 Å². The van der Waals surface area contributed by atoms with Gasteiger partial charge in [-0.2, -0.15) is 4.98 Å². The molecule has 0 aromatic carbocycles. The number of carbonyl (C=O) groups excluding carboxylic acids is 1. The van der Waals surface area contributed by atoms with E-state index in [2.05, 4.69) is 25.7 Å². The van der Waals surface area contributed by atoms with Crippen molar-refractivity contribution in [3.05, 3.63) is 35.9 Å². The summed E-state index contributed by atoms with van der Waals surface area (Å²) in [5.74, 6) is 2.02. The minimum absolute atomic E-state index is 0.0256. The molecular weight excluding hydrogens is 322 g/mol. The van der Waals surface area contributed by atoms with Crippen LogP contribution in [0.4, 0.5) is 0 Å². The van der Waals surface area contributed by atoms with Crippen LogP contribution in [0, 0.1) is 6.92 Å². The topological polar surface area (TPSA) is 96.4 Å². The largest absolute Gasteiger partial charge is 0.467 e. The SMILES string of the molecule is Cc1nc(CN2CCC[C@@H](N[C@H](C)C(=O)NCc3ccco3)C2)no1. The Balaban J connectivity index is 1.43. The summed E-state index contributed by atoms with van der Waals surface area (Å²) >= 11 is 0. The van der Waals surface area contributed by atoms with Crippen molar-refractivity contribution in [2.24, 2.45) is 0 Å². The van der Waals surface area contributed by atoms with Crippen molar-refractivity contribution in [3.8, 4) is 0 Å². The van der Waals surface area contributed by atoms with Crippen LogP contribution in [0.3, 0.4) is 0 Å². The average Bonchev–Trinajstić information content (AvgIpc) is 3.24. The number of furan rings is 1. The molecule has 2 aromatic heterocycles. The predicted octanol–water partition coefficient (Wildman–Crippen LogP) is 1.23. The second-order valence-corrected chi connectivity index (χ2v) is 6.49. The summed E-state index contributed by atoms with van der Waals surface area (Å²) in [6, 6.07) is 3.67. The van der Waals surface area contributed by atoms with Crippen molar-refractivity contribution in [1.29, 1.82) is 0 Å². The first-order valence-corrected chi connectivity index (χ1v) is 8.68. The van der Waals surface area contributed by atoms with Gasteiger partial charge in [-0.05, 0) is 38.4 Å². The molecule has 0 unspecified atom stereocenters. The van der Waals surface area contributed by atoms with E-state index in [0.29, 0.717) is 24.8 Å². The number of likely N-dealkylation sites (tertiary alicyclic amines) is 1. The van der Waals surface area contributed by atoms with Crippen LogP contribution in [-0.2, 0) is 17.9 Å². The molecule has 136 valence electrons. The molecule has 8 nitrogen and oxygen atoms in total. The summed E-state index contributed by atoms with van der Waals surface area (Å²) in [5, 5.41) is 10.3. The Bertz CT molecular complexity index is 670. The maximum atomic E-state index is 12.2. The average molecular weight is 347 g/mol. The van der Waals surface area contributed by atoms with Crippen LogP contribution >= 0.6 is 0 Å². The van der Waals surface area contributed by atoms with E-state index in [1.807, 2.05) is 19.1 Å². The van der Waals surface area contributed by atoms with Crippen LogP contribution in [0.2, 0.25) is 0 Å². The summed E-state index contributed by atoms with van der Waals surface area (Å²) in [7, 11) is 0. The molecule has 3 rings (SSSR count). The molecule has 2 aromatic rings. The van der Waals surface area contributed by atoms with Gasteiger partial charge in [-0.3, -0.25) is 9.69 Å². The first kappa shape index (κ1) is 17.6. The van der Waals surface area contributed by atoms with Gasteiger partial charge >= 0.3 is 0 Å². The summed E-state index contributed by atoms with van der Waals surface area (Å²) in [6.07, 6.45) is 3.73. The molecule has 1 fully saturated rings. The van der Waals surface area contributed by atoms with Crippen LogP contribution in [0.15, 0.2) is 27.3 Å². The Hall–Kier alpha value is -2.19. The van der Waals surface area contributed by atoms with Gasteiger partial charge in [-0.25, -0.2) is 0 Å². The van der Waals surface area contributed by atoms with E-state index in [9.17, 15) is 4.79 Å². The van der Waals surface area contributed by atoms with E-state index in [1.165, 1.54) is 0 Å². The van der Waals surface area contributed by atoms with Gasteiger partial charge in [0, 0.05) is 19.5 Å². The lowest BCUT2D eigenvalue weighted by Crippen LogP contribution is -2.52. The molecular formula is C17H25N5O3. The highest BCUT2D eigenvalue weighted by Crippen LogP contribution is 2.13. The van der Waals surface area contributed by atoms with Gasteiger partial charge < -0.3 is 19.6 Å². The number of rotatable bonds is 7. The Morgan fingerprint density at radius 1 is 1.52 bits per heavy atom. The van der Waals surface area contributed by atoms with Crippen LogP contribution < -0.4 is 10.6 Å². The van der Waals surface area contributed by atoms with Crippen molar-refractivity contribution >= 4 is 5.91 Å². The third-order valence-corrected chi connectivity index (χ3v) is 4.34. The second kappa shape index (κ2) is 8.26. The smallest absolute Gasteiger partial charge is 0.237 e. The maximum absolute atomic E-state index is 12.2. The molecule has 0 saturated carbocycles. The summed E-state index contributed by atoms with van der Waals surface area (Å²) < 4.78 is 10.2. The molecule has 2 N–H and O–H groups in total. The van der Waals surface area contributed by atoms with E-state index < -0.39 is 0 Å². The fraction of sp³-hybridized carbons (Fsp3) is 0.588. The van der Waals surface area contributed by atoms with Gasteiger partial charge in [-0.15, -0.1) is 0 Å². The zero-order chi connectivity index (χ0) is 17.6. The number of nitrogens with zero attached hydrogens (tertiary/aromatic N) is 3. The number of amides is 1. The van der Waals surface area contributed by atoms with Crippen molar-refractivity contribution < 1.29 is 13.7 Å². The predicted molar refractivity (Wildman–Crippen MR) is 90.5 cm³/mol. The fourth-order valence-corrected chi connectivity index (χ4v) is 3.11. The van der Waals surface area contributed by atoms with Crippen LogP contribution in [0.25, 0.3) is 0 Å². The second-order valence-electron chi connectivity index (χ2n) is 6.49. The van der Waals surface area contributed by atoms with E-state index in [-0.39, 0.29) is 18.0 Å². The fourth-order valence-electron chi connectivity index (χ4n) is 3.11. The van der Waals surface area contributed by atoms with E-state index in [1.54, 1.807) is 13.2 Å². The monoisotopic (exact) mass is 347 g/mol. The van der Waals surface area contributed by atoms with Gasteiger partial charge in [0.1, 0.15) is 5.76 Å². The van der Waals surface area contributed by atoms with E-state index in [4.69, 9.17) is 8.94 Å². The van der Waals surface area contributed by atoms with Crippen LogP contribution in [-0.4, -0.2) is 46.1 Å². The van der Waals surface area contributed by atoms with Crippen LogP contribution in [0.1, 0.15) is 37.2 Å². The standard InChI is InChI=1S/C17H25N5O3/c1-12(17(23)18-9-15-6-4-8-24-15)19-14-5-3-7-22(10-14)11-16-20-13(2)25-21-16/h4,6,8,12,14,19H,3,5,7,9-11H2,1-2H3,(H,18,23)/t12-,14-/m1/s1. The van der Waals surface area contributed by atoms with Gasteiger partial charge in [0.25, 0.3) is 0 Å². The molecule has 1 aliphatic heterocycles. The number of carbonyl (C=O) groups is 1. The zero-order valence-electron chi connectivity index (χ0n) is 14.7. The normalized spacial score (nSPS) is 19.7. The van der Waals surface area contributed by atoms with Crippen molar-refractivity contribution in [1.82, 2.24) is 25.7 Å². The van der Waals surface area contributed by atoms with Crippen LogP contribution in [0.5, 0.6) is 0 Å². The number of nitrogens with one attached hydrogen (secondary N) is 2. The number of aromatic nitrogens is 2. The molecule has 0 aliphatic carbocycles. The molecule has 0 bridgehead atoms. The molecule has 0 radical (unpaired) electrons. The third kappa shape index (κ3) is 5.14. The summed E-state index contributed by atoms with van der Waals surface area (Å²) in [4.78, 5) is 18.8. The minimum atomic E-state index is -0.257. The minimum Gasteiger partial charge on any atom is -0.467 e. The van der Waals surface area contributed by atoms with Crippen molar-refractivity contribution in [3.63, 3.8) is 0 Å². The Morgan fingerprint density at radius 2 is 2.40 bits per heavy atom. The molecule has 3 heterocycles. The first-order chi connectivity index (χ1) is 12.1.